The number of nitrogens with zero attached hydrogens (tertiary/aromatic N) is 1. The van der Waals surface area contributed by atoms with E-state index in [1.54, 1.807) is 12.1 Å². The Balaban J connectivity index is 1.53. The Labute approximate surface area is 240 Å². The molecular weight excluding hydrogens is 570 g/mol. The van der Waals surface area contributed by atoms with Crippen LogP contribution in [-0.4, -0.2) is 61.5 Å². The minimum atomic E-state index is -4.00. The van der Waals surface area contributed by atoms with Gasteiger partial charge in [-0.15, -0.1) is 0 Å². The van der Waals surface area contributed by atoms with Crippen LogP contribution in [0.2, 0.25) is 0 Å². The van der Waals surface area contributed by atoms with Gasteiger partial charge in [-0.1, -0.05) is 12.8 Å². The van der Waals surface area contributed by atoms with Gasteiger partial charge in [-0.05, 0) is 67.4 Å². The van der Waals surface area contributed by atoms with Gasteiger partial charge in [0.1, 0.15) is 17.2 Å². The summed E-state index contributed by atoms with van der Waals surface area (Å²) in [5.41, 5.74) is 0.536. The molecule has 0 unspecified atom stereocenters. The second kappa shape index (κ2) is 12.8. The maximum atomic E-state index is 13.3. The van der Waals surface area contributed by atoms with Crippen molar-refractivity contribution in [2.75, 3.05) is 44.5 Å². The highest BCUT2D eigenvalue weighted by atomic mass is 32.2. The van der Waals surface area contributed by atoms with Gasteiger partial charge in [-0.25, -0.2) is 16.8 Å². The third kappa shape index (κ3) is 6.92. The maximum absolute atomic E-state index is 13.3. The van der Waals surface area contributed by atoms with Gasteiger partial charge >= 0.3 is 0 Å². The van der Waals surface area contributed by atoms with E-state index in [9.17, 15) is 21.6 Å². The van der Waals surface area contributed by atoms with E-state index in [1.165, 1.54) is 74.2 Å². The minimum Gasteiger partial charge on any atom is -0.497 e. The number of benzene rings is 3. The molecule has 4 rings (SSSR count). The fourth-order valence-corrected chi connectivity index (χ4v) is 7.07. The van der Waals surface area contributed by atoms with Gasteiger partial charge in [0.2, 0.25) is 10.0 Å². The molecular formula is C28H33N3O8S2. The van der Waals surface area contributed by atoms with Crippen LogP contribution in [-0.2, 0) is 20.0 Å². The minimum absolute atomic E-state index is 0.00540. The number of sulfonamides is 2. The lowest BCUT2D eigenvalue weighted by molar-refractivity contribution is 0.102. The molecule has 3 aromatic rings. The van der Waals surface area contributed by atoms with Gasteiger partial charge in [0.15, 0.2) is 0 Å². The van der Waals surface area contributed by atoms with E-state index < -0.39 is 26.0 Å². The average Bonchev–Trinajstić information content (AvgIpc) is 3.27. The smallest absolute Gasteiger partial charge is 0.262 e. The first-order valence-corrected chi connectivity index (χ1v) is 15.9. The van der Waals surface area contributed by atoms with Crippen molar-refractivity contribution in [3.63, 3.8) is 0 Å². The van der Waals surface area contributed by atoms with Gasteiger partial charge in [0, 0.05) is 24.8 Å². The second-order valence-corrected chi connectivity index (χ2v) is 13.0. The largest absolute Gasteiger partial charge is 0.497 e. The number of hydrogen-bond acceptors (Lipinski definition) is 8. The number of carbonyl (C=O) groups excluding carboxylic acids is 1. The van der Waals surface area contributed by atoms with Crippen LogP contribution in [0.15, 0.2) is 70.5 Å². The van der Waals surface area contributed by atoms with Crippen LogP contribution < -0.4 is 24.2 Å². The Morgan fingerprint density at radius 1 is 0.732 bits per heavy atom. The van der Waals surface area contributed by atoms with Crippen LogP contribution in [0.3, 0.4) is 0 Å². The molecule has 0 aromatic heterocycles. The number of methoxy groups -OCH3 is 3. The van der Waals surface area contributed by atoms with Gasteiger partial charge < -0.3 is 19.5 Å². The molecule has 11 nitrogen and oxygen atoms in total. The number of anilines is 2. The van der Waals surface area contributed by atoms with Crippen molar-refractivity contribution >= 4 is 37.3 Å². The summed E-state index contributed by atoms with van der Waals surface area (Å²) < 4.78 is 72.3. The topological polar surface area (TPSA) is 140 Å². The van der Waals surface area contributed by atoms with Crippen molar-refractivity contribution < 1.29 is 35.8 Å². The predicted molar refractivity (Wildman–Crippen MR) is 155 cm³/mol. The monoisotopic (exact) mass is 603 g/mol. The van der Waals surface area contributed by atoms with Gasteiger partial charge in [-0.2, -0.15) is 4.31 Å². The molecule has 0 atom stereocenters. The molecule has 41 heavy (non-hydrogen) atoms. The maximum Gasteiger partial charge on any atom is 0.262 e. The number of rotatable bonds is 10. The van der Waals surface area contributed by atoms with Crippen LogP contribution in [0.25, 0.3) is 0 Å². The third-order valence-electron chi connectivity index (χ3n) is 6.69. The molecule has 0 spiro atoms. The SMILES string of the molecule is COc1ccc(OC)c(NS(=O)(=O)c2ccc(NC(=O)c3cc(S(=O)(=O)N4CCCCCC4)ccc3OC)cc2)c1. The van der Waals surface area contributed by atoms with Gasteiger partial charge in [-0.3, -0.25) is 9.52 Å². The highest BCUT2D eigenvalue weighted by Gasteiger charge is 2.27. The summed E-state index contributed by atoms with van der Waals surface area (Å²) in [4.78, 5) is 13.2. The number of hydrogen-bond donors (Lipinski definition) is 2. The molecule has 3 aromatic carbocycles. The molecule has 2 N–H and O–H groups in total. The highest BCUT2D eigenvalue weighted by Crippen LogP contribution is 2.31. The zero-order chi connectivity index (χ0) is 29.6. The fourth-order valence-electron chi connectivity index (χ4n) is 4.47. The lowest BCUT2D eigenvalue weighted by atomic mass is 10.2. The van der Waals surface area contributed by atoms with Crippen LogP contribution in [0.4, 0.5) is 11.4 Å². The molecule has 1 aliphatic rings. The van der Waals surface area contributed by atoms with Crippen molar-refractivity contribution in [1.29, 1.82) is 0 Å². The van der Waals surface area contributed by atoms with E-state index in [0.29, 0.717) is 30.3 Å². The Morgan fingerprint density at radius 3 is 1.95 bits per heavy atom. The highest BCUT2D eigenvalue weighted by molar-refractivity contribution is 7.92. The first kappa shape index (κ1) is 30.2. The van der Waals surface area contributed by atoms with Crippen LogP contribution >= 0.6 is 0 Å². The van der Waals surface area contributed by atoms with Crippen LogP contribution in [0, 0.1) is 0 Å². The summed E-state index contributed by atoms with van der Waals surface area (Å²) in [5, 5.41) is 2.68. The number of nitrogens with one attached hydrogen (secondary N) is 2. The number of ether oxygens (including phenoxy) is 3. The van der Waals surface area contributed by atoms with Crippen molar-refractivity contribution in [2.24, 2.45) is 0 Å². The molecule has 0 saturated carbocycles. The summed E-state index contributed by atoms with van der Waals surface area (Å²) in [6, 6.07) is 14.4. The number of amides is 1. The Bertz CT molecular complexity index is 1600. The summed E-state index contributed by atoms with van der Waals surface area (Å²) in [6.07, 6.45) is 3.54. The molecule has 1 aliphatic heterocycles. The Hall–Kier alpha value is -3.81. The molecule has 1 amide bonds. The van der Waals surface area contributed by atoms with E-state index in [4.69, 9.17) is 14.2 Å². The molecule has 1 saturated heterocycles. The summed E-state index contributed by atoms with van der Waals surface area (Å²) in [5.74, 6) is 0.352. The normalized spacial score (nSPS) is 14.5. The van der Waals surface area contributed by atoms with Crippen molar-refractivity contribution in [3.8, 4) is 17.2 Å². The van der Waals surface area contributed by atoms with Gasteiger partial charge in [0.05, 0.1) is 42.4 Å². The van der Waals surface area contributed by atoms with Gasteiger partial charge in [0.25, 0.3) is 15.9 Å². The quantitative estimate of drug-likeness (QED) is 0.349. The molecule has 1 heterocycles. The standard InChI is InChI=1S/C28H33N3O8S2/c1-37-21-10-14-27(39-3)25(18-21)30-40(33,34)22-11-8-20(9-12-22)29-28(32)24-19-23(13-15-26(24)38-2)41(35,36)31-16-6-4-5-7-17-31/h8-15,18-19,30H,4-7,16-17H2,1-3H3,(H,29,32). The van der Waals surface area contributed by atoms with Crippen molar-refractivity contribution in [2.45, 2.75) is 35.5 Å². The predicted octanol–water partition coefficient (Wildman–Crippen LogP) is 4.33. The second-order valence-electron chi connectivity index (χ2n) is 9.33. The summed E-state index contributed by atoms with van der Waals surface area (Å²) in [7, 11) is -3.52. The zero-order valence-electron chi connectivity index (χ0n) is 23.0. The van der Waals surface area contributed by atoms with E-state index >= 15 is 0 Å². The number of carbonyl (C=O) groups is 1. The lowest BCUT2D eigenvalue weighted by Crippen LogP contribution is -2.32. The third-order valence-corrected chi connectivity index (χ3v) is 9.97. The Morgan fingerprint density at radius 2 is 1.34 bits per heavy atom. The first-order valence-electron chi connectivity index (χ1n) is 12.9. The van der Waals surface area contributed by atoms with Crippen LogP contribution in [0.1, 0.15) is 36.0 Å². The Kier molecular flexibility index (Phi) is 9.41. The van der Waals surface area contributed by atoms with Crippen molar-refractivity contribution in [3.05, 3.63) is 66.2 Å². The van der Waals surface area contributed by atoms with E-state index in [2.05, 4.69) is 10.0 Å². The average molecular weight is 604 g/mol. The van der Waals surface area contributed by atoms with E-state index in [1.807, 2.05) is 0 Å². The molecule has 0 bridgehead atoms. The molecule has 0 aliphatic carbocycles. The molecule has 1 fully saturated rings. The molecule has 220 valence electrons. The van der Waals surface area contributed by atoms with E-state index in [-0.39, 0.29) is 26.8 Å². The van der Waals surface area contributed by atoms with Crippen LogP contribution in [0.5, 0.6) is 17.2 Å². The van der Waals surface area contributed by atoms with Crippen molar-refractivity contribution in [1.82, 2.24) is 4.31 Å². The zero-order valence-corrected chi connectivity index (χ0v) is 24.7. The fraction of sp³-hybridized carbons (Fsp3) is 0.321. The molecule has 0 radical (unpaired) electrons. The summed E-state index contributed by atoms with van der Waals surface area (Å²) in [6.45, 7) is 0.870. The molecule has 13 heteroatoms. The lowest BCUT2D eigenvalue weighted by Gasteiger charge is -2.20. The first-order chi connectivity index (χ1) is 19.6. The van der Waals surface area contributed by atoms with E-state index in [0.717, 1.165) is 25.7 Å². The summed E-state index contributed by atoms with van der Waals surface area (Å²) >= 11 is 0.